The van der Waals surface area contributed by atoms with Crippen LogP contribution in [-0.2, 0) is 0 Å². The van der Waals surface area contributed by atoms with Gasteiger partial charge >= 0.3 is 0 Å². The molecule has 0 saturated carbocycles. The Balaban J connectivity index is 3.19. The van der Waals surface area contributed by atoms with Gasteiger partial charge in [-0.25, -0.2) is 4.39 Å². The van der Waals surface area contributed by atoms with E-state index >= 15 is 0 Å². The highest BCUT2D eigenvalue weighted by Crippen LogP contribution is 2.10. The van der Waals surface area contributed by atoms with Crippen molar-refractivity contribution < 1.29 is 4.39 Å². The number of nitrogens with zero attached hydrogens (tertiary/aromatic N) is 1. The standard InChI is InChI=1S/C6H4BrFN2/c7-4-1-5(8)6(2-9)10-3-4/h1-3,9H. The lowest BCUT2D eigenvalue weighted by molar-refractivity contribution is 0.618. The van der Waals surface area contributed by atoms with Gasteiger partial charge in [0, 0.05) is 16.9 Å². The van der Waals surface area contributed by atoms with E-state index < -0.39 is 5.82 Å². The summed E-state index contributed by atoms with van der Waals surface area (Å²) in [5.74, 6) is -0.482. The van der Waals surface area contributed by atoms with Crippen LogP contribution >= 0.6 is 15.9 Å². The molecule has 0 atom stereocenters. The molecule has 0 aromatic carbocycles. The minimum Gasteiger partial charge on any atom is -0.306 e. The molecule has 2 nitrogen and oxygen atoms in total. The maximum Gasteiger partial charge on any atom is 0.151 e. The number of pyridine rings is 1. The fraction of sp³-hybridized carbons (Fsp3) is 0. The van der Waals surface area contributed by atoms with Crippen LogP contribution in [0.3, 0.4) is 0 Å². The highest BCUT2D eigenvalue weighted by Gasteiger charge is 1.99. The van der Waals surface area contributed by atoms with Gasteiger partial charge in [0.25, 0.3) is 0 Å². The first-order valence-electron chi connectivity index (χ1n) is 2.55. The van der Waals surface area contributed by atoms with Crippen LogP contribution in [0.5, 0.6) is 0 Å². The Labute approximate surface area is 65.7 Å². The Kier molecular flexibility index (Phi) is 2.11. The number of nitrogens with one attached hydrogen (secondary N) is 1. The fourth-order valence-electron chi connectivity index (χ4n) is 0.531. The molecule has 4 heteroatoms. The molecule has 1 aromatic heterocycles. The number of hydrogen-bond donors (Lipinski definition) is 1. The molecule has 0 bridgehead atoms. The first kappa shape index (κ1) is 7.34. The van der Waals surface area contributed by atoms with E-state index in [1.807, 2.05) is 0 Å². The molecule has 1 heterocycles. The second kappa shape index (κ2) is 2.88. The van der Waals surface area contributed by atoms with Crippen molar-refractivity contribution in [3.8, 4) is 0 Å². The SMILES string of the molecule is N=Cc1ncc(Br)cc1F. The first-order chi connectivity index (χ1) is 4.74. The van der Waals surface area contributed by atoms with Crippen molar-refractivity contribution in [3.63, 3.8) is 0 Å². The van der Waals surface area contributed by atoms with E-state index in [4.69, 9.17) is 5.41 Å². The molecule has 0 aliphatic rings. The average molecular weight is 203 g/mol. The lowest BCUT2D eigenvalue weighted by Gasteiger charge is -1.93. The Morgan fingerprint density at radius 3 is 2.90 bits per heavy atom. The topological polar surface area (TPSA) is 36.7 Å². The summed E-state index contributed by atoms with van der Waals surface area (Å²) in [6, 6.07) is 1.27. The molecule has 1 aromatic rings. The predicted molar refractivity (Wildman–Crippen MR) is 39.8 cm³/mol. The monoisotopic (exact) mass is 202 g/mol. The molecule has 1 rings (SSSR count). The summed E-state index contributed by atoms with van der Waals surface area (Å²) in [7, 11) is 0. The third kappa shape index (κ3) is 1.39. The lowest BCUT2D eigenvalue weighted by atomic mass is 10.3. The molecule has 0 unspecified atom stereocenters. The zero-order valence-corrected chi connectivity index (χ0v) is 6.52. The third-order valence-electron chi connectivity index (χ3n) is 0.973. The van der Waals surface area contributed by atoms with E-state index in [1.165, 1.54) is 12.3 Å². The number of hydrogen-bond acceptors (Lipinski definition) is 2. The van der Waals surface area contributed by atoms with E-state index in [-0.39, 0.29) is 5.69 Å². The quantitative estimate of drug-likeness (QED) is 0.696. The summed E-state index contributed by atoms with van der Waals surface area (Å²) in [6.45, 7) is 0. The molecule has 1 N–H and O–H groups in total. The van der Waals surface area contributed by atoms with Crippen molar-refractivity contribution in [3.05, 3.63) is 28.2 Å². The van der Waals surface area contributed by atoms with Gasteiger partial charge in [-0.1, -0.05) is 0 Å². The van der Waals surface area contributed by atoms with Gasteiger partial charge < -0.3 is 5.41 Å². The van der Waals surface area contributed by atoms with E-state index in [0.29, 0.717) is 4.47 Å². The molecule has 0 fully saturated rings. The zero-order valence-electron chi connectivity index (χ0n) is 4.94. The highest BCUT2D eigenvalue weighted by atomic mass is 79.9. The van der Waals surface area contributed by atoms with Crippen molar-refractivity contribution in [2.45, 2.75) is 0 Å². The highest BCUT2D eigenvalue weighted by molar-refractivity contribution is 9.10. The average Bonchev–Trinajstić information content (AvgIpc) is 1.88. The minimum absolute atomic E-state index is 0.0585. The predicted octanol–water partition coefficient (Wildman–Crippen LogP) is 1.98. The zero-order chi connectivity index (χ0) is 7.56. The van der Waals surface area contributed by atoms with Crippen LogP contribution in [-0.4, -0.2) is 11.2 Å². The molecule has 0 aliphatic heterocycles. The molecule has 0 radical (unpaired) electrons. The summed E-state index contributed by atoms with van der Waals surface area (Å²) >= 11 is 3.05. The molecular weight excluding hydrogens is 199 g/mol. The van der Waals surface area contributed by atoms with Gasteiger partial charge in [-0.2, -0.15) is 0 Å². The van der Waals surface area contributed by atoms with E-state index in [2.05, 4.69) is 20.9 Å². The molecule has 10 heavy (non-hydrogen) atoms. The van der Waals surface area contributed by atoms with Gasteiger partial charge in [-0.05, 0) is 22.0 Å². The molecule has 0 aliphatic carbocycles. The van der Waals surface area contributed by atoms with Gasteiger partial charge in [0.15, 0.2) is 5.82 Å². The van der Waals surface area contributed by atoms with Crippen LogP contribution in [0, 0.1) is 11.2 Å². The van der Waals surface area contributed by atoms with Crippen LogP contribution in [0.15, 0.2) is 16.7 Å². The van der Waals surface area contributed by atoms with Crippen LogP contribution in [0.4, 0.5) is 4.39 Å². The molecular formula is C6H4BrFN2. The van der Waals surface area contributed by atoms with Gasteiger partial charge in [0.1, 0.15) is 5.69 Å². The van der Waals surface area contributed by atoms with Crippen molar-refractivity contribution in [2.75, 3.05) is 0 Å². The second-order valence-corrected chi connectivity index (χ2v) is 2.58. The van der Waals surface area contributed by atoms with Crippen molar-refractivity contribution in [1.29, 1.82) is 5.41 Å². The van der Waals surface area contributed by atoms with Crippen LogP contribution in [0.1, 0.15) is 5.69 Å². The van der Waals surface area contributed by atoms with Gasteiger partial charge in [0.05, 0.1) is 0 Å². The maximum atomic E-state index is 12.6. The molecule has 0 saturated heterocycles. The fourth-order valence-corrected chi connectivity index (χ4v) is 0.835. The van der Waals surface area contributed by atoms with Crippen LogP contribution in [0.2, 0.25) is 0 Å². The van der Waals surface area contributed by atoms with E-state index in [0.717, 1.165) is 6.21 Å². The summed E-state index contributed by atoms with van der Waals surface area (Å²) in [5, 5.41) is 6.71. The minimum atomic E-state index is -0.482. The van der Waals surface area contributed by atoms with E-state index in [9.17, 15) is 4.39 Å². The summed E-state index contributed by atoms with van der Waals surface area (Å²) in [4.78, 5) is 3.63. The number of halogens is 2. The normalized spacial score (nSPS) is 9.40. The smallest absolute Gasteiger partial charge is 0.151 e. The summed E-state index contributed by atoms with van der Waals surface area (Å²) in [5.41, 5.74) is 0.0585. The Bertz CT molecular complexity index is 262. The lowest BCUT2D eigenvalue weighted by Crippen LogP contribution is -1.90. The second-order valence-electron chi connectivity index (χ2n) is 1.66. The maximum absolute atomic E-state index is 12.6. The van der Waals surface area contributed by atoms with Gasteiger partial charge in [0.2, 0.25) is 0 Å². The van der Waals surface area contributed by atoms with Crippen molar-refractivity contribution >= 4 is 22.1 Å². The Morgan fingerprint density at radius 1 is 1.70 bits per heavy atom. The number of rotatable bonds is 1. The third-order valence-corrected chi connectivity index (χ3v) is 1.41. The largest absolute Gasteiger partial charge is 0.306 e. The molecule has 0 spiro atoms. The van der Waals surface area contributed by atoms with E-state index in [1.54, 1.807) is 0 Å². The van der Waals surface area contributed by atoms with Crippen molar-refractivity contribution in [2.24, 2.45) is 0 Å². The molecule has 0 amide bonds. The van der Waals surface area contributed by atoms with Crippen molar-refractivity contribution in [1.82, 2.24) is 4.98 Å². The summed E-state index contributed by atoms with van der Waals surface area (Å²) in [6.07, 6.45) is 2.32. The van der Waals surface area contributed by atoms with Crippen LogP contribution < -0.4 is 0 Å². The van der Waals surface area contributed by atoms with Gasteiger partial charge in [-0.3, -0.25) is 4.98 Å². The Morgan fingerprint density at radius 2 is 2.40 bits per heavy atom. The summed E-state index contributed by atoms with van der Waals surface area (Å²) < 4.78 is 13.2. The first-order valence-corrected chi connectivity index (χ1v) is 3.35. The van der Waals surface area contributed by atoms with Gasteiger partial charge in [-0.15, -0.1) is 0 Å². The molecule has 52 valence electrons. The number of aromatic nitrogens is 1. The van der Waals surface area contributed by atoms with Crippen LogP contribution in [0.25, 0.3) is 0 Å². The Hall–Kier alpha value is -0.770.